The average Bonchev–Trinajstić information content (AvgIpc) is 3.86. The van der Waals surface area contributed by atoms with Gasteiger partial charge in [0.25, 0.3) is 0 Å². The van der Waals surface area contributed by atoms with Crippen LogP contribution in [0.3, 0.4) is 0 Å². The molecule has 1 heterocycles. The lowest BCUT2D eigenvalue weighted by molar-refractivity contribution is 1.29. The summed E-state index contributed by atoms with van der Waals surface area (Å²) in [5.41, 5.74) is 13.4. The minimum atomic E-state index is 1.12. The van der Waals surface area contributed by atoms with Crippen LogP contribution in [-0.4, -0.2) is 0 Å². The Morgan fingerprint density at radius 2 is 0.889 bits per heavy atom. The monoisotopic (exact) mass is 703 g/mol. The molecule has 9 aromatic carbocycles. The van der Waals surface area contributed by atoms with Crippen molar-refractivity contribution in [1.82, 2.24) is 0 Å². The standard InChI is InChI=1S/C52H33NS/c1-2-10-35(11-3-1)50-29-30-51(54-50)36-21-24-41(25-22-36)53(43-26-28-46-47-17-7-12-37-13-8-18-48(52(37)47)49(46)33-43)42-15-6-14-38(32-42)39-23-27-45-40(31-39)20-19-34-9-4-5-16-44(34)45/h1-33H. The van der Waals surface area contributed by atoms with Gasteiger partial charge in [0.15, 0.2) is 0 Å². The van der Waals surface area contributed by atoms with Crippen LogP contribution in [0, 0.1) is 0 Å². The van der Waals surface area contributed by atoms with Gasteiger partial charge in [0.05, 0.1) is 0 Å². The highest BCUT2D eigenvalue weighted by atomic mass is 32.1. The van der Waals surface area contributed by atoms with Crippen molar-refractivity contribution in [3.05, 3.63) is 200 Å². The molecule has 0 radical (unpaired) electrons. The minimum absolute atomic E-state index is 1.12. The summed E-state index contributed by atoms with van der Waals surface area (Å²) in [7, 11) is 0. The lowest BCUT2D eigenvalue weighted by Gasteiger charge is -2.27. The summed E-state index contributed by atoms with van der Waals surface area (Å²) in [6.45, 7) is 0. The van der Waals surface area contributed by atoms with Gasteiger partial charge in [-0.2, -0.15) is 0 Å². The Kier molecular flexibility index (Phi) is 7.11. The third-order valence-electron chi connectivity index (χ3n) is 11.0. The van der Waals surface area contributed by atoms with E-state index in [1.807, 2.05) is 11.3 Å². The van der Waals surface area contributed by atoms with Crippen molar-refractivity contribution in [3.8, 4) is 54.3 Å². The van der Waals surface area contributed by atoms with Crippen molar-refractivity contribution in [2.75, 3.05) is 4.90 Å². The van der Waals surface area contributed by atoms with Crippen LogP contribution in [0.15, 0.2) is 200 Å². The number of hydrogen-bond donors (Lipinski definition) is 0. The second-order valence-corrected chi connectivity index (χ2v) is 15.2. The summed E-state index contributed by atoms with van der Waals surface area (Å²) in [5, 5.41) is 7.73. The summed E-state index contributed by atoms with van der Waals surface area (Å²) in [6, 6.07) is 73.5. The van der Waals surface area contributed by atoms with E-state index in [0.29, 0.717) is 0 Å². The molecule has 1 aliphatic carbocycles. The van der Waals surface area contributed by atoms with Crippen LogP contribution >= 0.6 is 11.3 Å². The quantitative estimate of drug-likeness (QED) is 0.156. The second-order valence-electron chi connectivity index (χ2n) is 14.1. The SMILES string of the molecule is c1ccc(-c2ccc(-c3ccc(N(c4cccc(-c5ccc6c(ccc7ccccc76)c5)c4)c4ccc5c(c4)-c4cccc6cccc-5c46)cc3)s2)cc1. The summed E-state index contributed by atoms with van der Waals surface area (Å²) in [6.07, 6.45) is 0. The predicted molar refractivity (Wildman–Crippen MR) is 232 cm³/mol. The molecule has 0 spiro atoms. The topological polar surface area (TPSA) is 3.24 Å². The zero-order valence-electron chi connectivity index (χ0n) is 29.4. The highest BCUT2D eigenvalue weighted by Gasteiger charge is 2.23. The van der Waals surface area contributed by atoms with Crippen molar-refractivity contribution < 1.29 is 0 Å². The molecule has 0 fully saturated rings. The first-order chi connectivity index (χ1) is 26.7. The van der Waals surface area contributed by atoms with Gasteiger partial charge in [-0.1, -0.05) is 146 Å². The Hall–Kier alpha value is -6.74. The molecule has 10 aromatic rings. The third kappa shape index (κ3) is 5.07. The molecule has 11 rings (SSSR count). The van der Waals surface area contributed by atoms with Gasteiger partial charge in [-0.3, -0.25) is 0 Å². The van der Waals surface area contributed by atoms with Gasteiger partial charge >= 0.3 is 0 Å². The molecule has 0 atom stereocenters. The van der Waals surface area contributed by atoms with Crippen molar-refractivity contribution in [2.45, 2.75) is 0 Å². The van der Waals surface area contributed by atoms with Crippen LogP contribution in [-0.2, 0) is 0 Å². The molecule has 0 unspecified atom stereocenters. The smallest absolute Gasteiger partial charge is 0.0468 e. The number of thiophene rings is 1. The lowest BCUT2D eigenvalue weighted by Crippen LogP contribution is -2.10. The Labute approximate surface area is 318 Å². The highest BCUT2D eigenvalue weighted by Crippen LogP contribution is 2.50. The van der Waals surface area contributed by atoms with E-state index in [1.165, 1.54) is 86.6 Å². The molecule has 1 aliphatic rings. The zero-order valence-corrected chi connectivity index (χ0v) is 30.2. The fourth-order valence-corrected chi connectivity index (χ4v) is 9.43. The van der Waals surface area contributed by atoms with Crippen molar-refractivity contribution in [2.24, 2.45) is 0 Å². The van der Waals surface area contributed by atoms with Crippen molar-refractivity contribution in [3.63, 3.8) is 0 Å². The van der Waals surface area contributed by atoms with Gasteiger partial charge in [-0.25, -0.2) is 0 Å². The maximum atomic E-state index is 2.41. The van der Waals surface area contributed by atoms with Crippen LogP contribution in [0.2, 0.25) is 0 Å². The molecule has 0 saturated heterocycles. The van der Waals surface area contributed by atoms with Gasteiger partial charge in [0.1, 0.15) is 0 Å². The molecule has 1 aromatic heterocycles. The fourth-order valence-electron chi connectivity index (χ4n) is 8.41. The largest absolute Gasteiger partial charge is 0.310 e. The summed E-state index contributed by atoms with van der Waals surface area (Å²) >= 11 is 1.84. The van der Waals surface area contributed by atoms with E-state index in [2.05, 4.69) is 205 Å². The van der Waals surface area contributed by atoms with E-state index in [4.69, 9.17) is 0 Å². The zero-order chi connectivity index (χ0) is 35.6. The maximum absolute atomic E-state index is 2.41. The van der Waals surface area contributed by atoms with Crippen LogP contribution in [0.4, 0.5) is 17.1 Å². The second kappa shape index (κ2) is 12.4. The van der Waals surface area contributed by atoms with Crippen LogP contribution in [0.5, 0.6) is 0 Å². The molecular formula is C52H33NS. The molecule has 0 N–H and O–H groups in total. The van der Waals surface area contributed by atoms with E-state index in [9.17, 15) is 0 Å². The molecular weight excluding hydrogens is 671 g/mol. The van der Waals surface area contributed by atoms with Crippen LogP contribution in [0.25, 0.3) is 86.6 Å². The normalized spacial score (nSPS) is 11.7. The number of rotatable bonds is 6. The number of benzene rings is 9. The van der Waals surface area contributed by atoms with Gasteiger partial charge < -0.3 is 4.90 Å². The van der Waals surface area contributed by atoms with E-state index < -0.39 is 0 Å². The molecule has 0 amide bonds. The van der Waals surface area contributed by atoms with E-state index >= 15 is 0 Å². The first kappa shape index (κ1) is 30.8. The molecule has 252 valence electrons. The first-order valence-electron chi connectivity index (χ1n) is 18.5. The minimum Gasteiger partial charge on any atom is -0.310 e. The molecule has 0 aliphatic heterocycles. The van der Waals surface area contributed by atoms with Gasteiger partial charge in [-0.05, 0) is 131 Å². The van der Waals surface area contributed by atoms with Crippen LogP contribution in [0.1, 0.15) is 0 Å². The molecule has 0 bridgehead atoms. The first-order valence-corrected chi connectivity index (χ1v) is 19.3. The van der Waals surface area contributed by atoms with Gasteiger partial charge in [-0.15, -0.1) is 11.3 Å². The van der Waals surface area contributed by atoms with Crippen molar-refractivity contribution in [1.29, 1.82) is 0 Å². The summed E-state index contributed by atoms with van der Waals surface area (Å²) in [5.74, 6) is 0. The van der Waals surface area contributed by atoms with Gasteiger partial charge in [0, 0.05) is 26.8 Å². The Morgan fingerprint density at radius 3 is 1.72 bits per heavy atom. The molecule has 54 heavy (non-hydrogen) atoms. The molecule has 2 heteroatoms. The predicted octanol–water partition coefficient (Wildman–Crippen LogP) is 15.3. The van der Waals surface area contributed by atoms with Crippen LogP contribution < -0.4 is 4.90 Å². The van der Waals surface area contributed by atoms with E-state index in [0.717, 1.165) is 17.1 Å². The van der Waals surface area contributed by atoms with Gasteiger partial charge in [0.2, 0.25) is 0 Å². The third-order valence-corrected chi connectivity index (χ3v) is 12.2. The van der Waals surface area contributed by atoms with Crippen molar-refractivity contribution >= 4 is 60.7 Å². The molecule has 1 nitrogen and oxygen atoms in total. The Balaban J connectivity index is 1.03. The summed E-state index contributed by atoms with van der Waals surface area (Å²) < 4.78 is 0. The number of fused-ring (bicyclic) bond motifs is 6. The maximum Gasteiger partial charge on any atom is 0.0468 e. The number of nitrogens with zero attached hydrogens (tertiary/aromatic N) is 1. The molecule has 0 saturated carbocycles. The van der Waals surface area contributed by atoms with E-state index in [-0.39, 0.29) is 0 Å². The fraction of sp³-hybridized carbons (Fsp3) is 0. The Morgan fingerprint density at radius 1 is 0.296 bits per heavy atom. The number of anilines is 3. The average molecular weight is 704 g/mol. The highest BCUT2D eigenvalue weighted by molar-refractivity contribution is 7.18. The summed E-state index contributed by atoms with van der Waals surface area (Å²) in [4.78, 5) is 4.96. The Bertz CT molecular complexity index is 3040. The number of hydrogen-bond acceptors (Lipinski definition) is 2. The van der Waals surface area contributed by atoms with E-state index in [1.54, 1.807) is 0 Å². The lowest BCUT2D eigenvalue weighted by atomic mass is 9.97.